The van der Waals surface area contributed by atoms with Crippen LogP contribution in [0, 0.1) is 0 Å². The van der Waals surface area contributed by atoms with Crippen molar-refractivity contribution in [3.8, 4) is 11.3 Å². The van der Waals surface area contributed by atoms with E-state index >= 15 is 0 Å². The summed E-state index contributed by atoms with van der Waals surface area (Å²) < 4.78 is 1.37. The Kier molecular flexibility index (Phi) is 5.48. The molecule has 6 nitrogen and oxygen atoms in total. The van der Waals surface area contributed by atoms with Crippen molar-refractivity contribution in [2.45, 2.75) is 19.4 Å². The van der Waals surface area contributed by atoms with Crippen LogP contribution in [0.3, 0.4) is 0 Å². The van der Waals surface area contributed by atoms with Crippen LogP contribution in [-0.4, -0.2) is 27.0 Å². The van der Waals surface area contributed by atoms with Gasteiger partial charge in [-0.2, -0.15) is 0 Å². The Labute approximate surface area is 171 Å². The molecule has 0 bridgehead atoms. The van der Waals surface area contributed by atoms with Gasteiger partial charge in [-0.1, -0.05) is 42.5 Å². The normalized spacial score (nSPS) is 12.0. The van der Waals surface area contributed by atoms with Gasteiger partial charge in [0.2, 0.25) is 5.91 Å². The van der Waals surface area contributed by atoms with Gasteiger partial charge < -0.3 is 5.32 Å². The molecular formula is C22H20N4O2S. The van der Waals surface area contributed by atoms with Gasteiger partial charge in [-0.25, -0.2) is 9.97 Å². The maximum atomic E-state index is 12.6. The molecule has 4 rings (SSSR count). The minimum atomic E-state index is -0.643. The molecule has 2 aromatic carbocycles. The molecule has 0 saturated carbocycles. The van der Waals surface area contributed by atoms with Crippen molar-refractivity contribution in [1.29, 1.82) is 0 Å². The zero-order valence-corrected chi connectivity index (χ0v) is 16.7. The number of nitrogens with zero attached hydrogens (tertiary/aromatic N) is 3. The van der Waals surface area contributed by atoms with Gasteiger partial charge in [0.25, 0.3) is 5.56 Å². The van der Waals surface area contributed by atoms with E-state index in [1.54, 1.807) is 36.5 Å². The number of benzene rings is 2. The highest BCUT2D eigenvalue weighted by Gasteiger charge is 2.17. The summed E-state index contributed by atoms with van der Waals surface area (Å²) in [5.74, 6) is -0.218. The Hall–Kier alpha value is -3.32. The molecular weight excluding hydrogens is 384 g/mol. The molecule has 0 aliphatic heterocycles. The highest BCUT2D eigenvalue weighted by atomic mass is 32.1. The first kappa shape index (κ1) is 19.0. The van der Waals surface area contributed by atoms with Gasteiger partial charge in [0.15, 0.2) is 0 Å². The summed E-state index contributed by atoms with van der Waals surface area (Å²) in [6.45, 7) is 2.16. The Morgan fingerprint density at radius 2 is 1.90 bits per heavy atom. The number of aromatic nitrogens is 3. The highest BCUT2D eigenvalue weighted by molar-refractivity contribution is 7.09. The van der Waals surface area contributed by atoms with E-state index in [0.717, 1.165) is 16.3 Å². The number of rotatable bonds is 6. The Morgan fingerprint density at radius 1 is 1.14 bits per heavy atom. The fourth-order valence-corrected chi connectivity index (χ4v) is 3.90. The maximum absolute atomic E-state index is 12.6. The second-order valence-corrected chi connectivity index (χ2v) is 7.63. The van der Waals surface area contributed by atoms with Crippen LogP contribution in [0.15, 0.2) is 71.1 Å². The van der Waals surface area contributed by atoms with Crippen LogP contribution in [0.1, 0.15) is 18.0 Å². The number of thiazole rings is 1. The summed E-state index contributed by atoms with van der Waals surface area (Å²) >= 11 is 1.58. The zero-order chi connectivity index (χ0) is 20.2. The fraction of sp³-hybridized carbons (Fsp3) is 0.182. The predicted octanol–water partition coefficient (Wildman–Crippen LogP) is 3.44. The number of hydrogen-bond acceptors (Lipinski definition) is 5. The van der Waals surface area contributed by atoms with Gasteiger partial charge >= 0.3 is 0 Å². The minimum absolute atomic E-state index is 0.217. The van der Waals surface area contributed by atoms with Crippen molar-refractivity contribution >= 4 is 28.1 Å². The highest BCUT2D eigenvalue weighted by Crippen LogP contribution is 2.21. The van der Waals surface area contributed by atoms with Crippen molar-refractivity contribution in [2.75, 3.05) is 6.54 Å². The molecule has 146 valence electrons. The third kappa shape index (κ3) is 4.09. The topological polar surface area (TPSA) is 76.9 Å². The lowest BCUT2D eigenvalue weighted by Crippen LogP contribution is -2.36. The second-order valence-electron chi connectivity index (χ2n) is 6.68. The van der Waals surface area contributed by atoms with E-state index in [1.165, 1.54) is 10.9 Å². The molecule has 1 N–H and O–H groups in total. The summed E-state index contributed by atoms with van der Waals surface area (Å²) in [5, 5.41) is 6.38. The molecule has 0 aliphatic rings. The fourth-order valence-electron chi connectivity index (χ4n) is 3.09. The number of fused-ring (bicyclic) bond motifs is 1. The van der Waals surface area contributed by atoms with E-state index in [-0.39, 0.29) is 11.5 Å². The first-order chi connectivity index (χ1) is 14.1. The van der Waals surface area contributed by atoms with E-state index in [9.17, 15) is 9.59 Å². The number of hydrogen-bond donors (Lipinski definition) is 1. The Balaban J connectivity index is 1.38. The van der Waals surface area contributed by atoms with Crippen LogP contribution >= 0.6 is 11.3 Å². The van der Waals surface area contributed by atoms with Gasteiger partial charge in [0.1, 0.15) is 6.04 Å². The van der Waals surface area contributed by atoms with E-state index in [2.05, 4.69) is 15.3 Å². The van der Waals surface area contributed by atoms with Crippen molar-refractivity contribution in [3.63, 3.8) is 0 Å². The summed E-state index contributed by atoms with van der Waals surface area (Å²) in [5.41, 5.74) is 2.43. The first-order valence-corrected chi connectivity index (χ1v) is 10.2. The first-order valence-electron chi connectivity index (χ1n) is 9.37. The molecule has 0 spiro atoms. The van der Waals surface area contributed by atoms with Gasteiger partial charge in [-0.15, -0.1) is 11.3 Å². The van der Waals surface area contributed by atoms with Crippen molar-refractivity contribution in [1.82, 2.24) is 19.9 Å². The number of nitrogens with one attached hydrogen (secondary N) is 1. The third-order valence-electron chi connectivity index (χ3n) is 4.75. The van der Waals surface area contributed by atoms with Crippen molar-refractivity contribution in [2.24, 2.45) is 0 Å². The molecule has 1 amide bonds. The number of para-hydroxylation sites is 1. The van der Waals surface area contributed by atoms with Crippen LogP contribution in [0.2, 0.25) is 0 Å². The van der Waals surface area contributed by atoms with Crippen LogP contribution in [0.25, 0.3) is 22.2 Å². The second kappa shape index (κ2) is 8.36. The largest absolute Gasteiger partial charge is 0.354 e. The van der Waals surface area contributed by atoms with Crippen LogP contribution in [0.5, 0.6) is 0 Å². The lowest BCUT2D eigenvalue weighted by Gasteiger charge is -2.15. The van der Waals surface area contributed by atoms with E-state index in [1.807, 2.05) is 41.8 Å². The third-order valence-corrected chi connectivity index (χ3v) is 5.65. The quantitative estimate of drug-likeness (QED) is 0.534. The molecule has 4 aromatic rings. The summed E-state index contributed by atoms with van der Waals surface area (Å²) in [7, 11) is 0. The summed E-state index contributed by atoms with van der Waals surface area (Å²) in [6.07, 6.45) is 2.07. The van der Waals surface area contributed by atoms with E-state index in [4.69, 9.17) is 0 Å². The van der Waals surface area contributed by atoms with Gasteiger partial charge in [-0.05, 0) is 19.1 Å². The molecule has 0 aliphatic carbocycles. The lowest BCUT2D eigenvalue weighted by molar-refractivity contribution is -0.123. The van der Waals surface area contributed by atoms with E-state index < -0.39 is 6.04 Å². The van der Waals surface area contributed by atoms with Crippen LogP contribution in [0.4, 0.5) is 0 Å². The average Bonchev–Trinajstić information content (AvgIpc) is 3.23. The molecule has 2 aromatic heterocycles. The molecule has 7 heteroatoms. The van der Waals surface area contributed by atoms with Crippen LogP contribution in [-0.2, 0) is 11.2 Å². The monoisotopic (exact) mass is 404 g/mol. The Bertz CT molecular complexity index is 1200. The SMILES string of the molecule is CC(C(=O)NCCc1nc(-c2ccccc2)cs1)n1cnc2ccccc2c1=O. The van der Waals surface area contributed by atoms with E-state index in [0.29, 0.717) is 23.9 Å². The molecule has 29 heavy (non-hydrogen) atoms. The zero-order valence-electron chi connectivity index (χ0n) is 15.9. The molecule has 2 heterocycles. The van der Waals surface area contributed by atoms with Gasteiger partial charge in [0.05, 0.1) is 27.9 Å². The summed E-state index contributed by atoms with van der Waals surface area (Å²) in [4.78, 5) is 34.1. The van der Waals surface area contributed by atoms with Crippen LogP contribution < -0.4 is 10.9 Å². The van der Waals surface area contributed by atoms with Gasteiger partial charge in [-0.3, -0.25) is 14.2 Å². The molecule has 0 radical (unpaired) electrons. The number of amides is 1. The standard InChI is InChI=1S/C22H20N4O2S/c1-15(26-14-24-18-10-6-5-9-17(18)22(26)28)21(27)23-12-11-20-25-19(13-29-20)16-7-3-2-4-8-16/h2-10,13-15H,11-12H2,1H3,(H,23,27). The Morgan fingerprint density at radius 3 is 2.72 bits per heavy atom. The lowest BCUT2D eigenvalue weighted by atomic mass is 10.2. The average molecular weight is 404 g/mol. The minimum Gasteiger partial charge on any atom is -0.354 e. The smallest absolute Gasteiger partial charge is 0.261 e. The molecule has 0 fully saturated rings. The maximum Gasteiger partial charge on any atom is 0.261 e. The van der Waals surface area contributed by atoms with Gasteiger partial charge in [0, 0.05) is 23.9 Å². The molecule has 1 atom stereocenters. The predicted molar refractivity (Wildman–Crippen MR) is 115 cm³/mol. The summed E-state index contributed by atoms with van der Waals surface area (Å²) in [6, 6.07) is 16.5. The van der Waals surface area contributed by atoms with Crippen molar-refractivity contribution in [3.05, 3.63) is 81.7 Å². The van der Waals surface area contributed by atoms with Crippen molar-refractivity contribution < 1.29 is 4.79 Å². The number of carbonyl (C=O) groups excluding carboxylic acids is 1. The molecule has 0 saturated heterocycles. The molecule has 1 unspecified atom stereocenters. The number of carbonyl (C=O) groups is 1.